The highest BCUT2D eigenvalue weighted by molar-refractivity contribution is 6.35. The molecule has 1 N–H and O–H groups in total. The van der Waals surface area contributed by atoms with Crippen LogP contribution in [0.1, 0.15) is 18.2 Å². The number of hydrogen-bond donors (Lipinski definition) is 1. The van der Waals surface area contributed by atoms with Crippen LogP contribution in [0.15, 0.2) is 12.1 Å². The molecule has 0 saturated carbocycles. The minimum Gasteiger partial charge on any atom is -0.493 e. The molecule has 2 heterocycles. The lowest BCUT2D eigenvalue weighted by atomic mass is 10.0. The third-order valence-electron chi connectivity index (χ3n) is 4.20. The molecule has 1 aromatic carbocycles. The molecule has 0 fully saturated rings. The first-order valence-electron chi connectivity index (χ1n) is 7.38. The van der Waals surface area contributed by atoms with Gasteiger partial charge in [0, 0.05) is 36.3 Å². The Hall–Kier alpha value is -1.72. The minimum absolute atomic E-state index is 0.532. The highest BCUT2D eigenvalue weighted by Gasteiger charge is 2.24. The maximum atomic E-state index is 6.52. The maximum absolute atomic E-state index is 6.52. The van der Waals surface area contributed by atoms with Gasteiger partial charge in [0.25, 0.3) is 0 Å². The monoisotopic (exact) mass is 321 g/mol. The number of ether oxygens (including phenoxy) is 2. The summed E-state index contributed by atoms with van der Waals surface area (Å²) in [5.74, 6) is 1.16. The number of nitrogens with zero attached hydrogens (tertiary/aromatic N) is 2. The summed E-state index contributed by atoms with van der Waals surface area (Å²) in [4.78, 5) is 2.40. The lowest BCUT2D eigenvalue weighted by molar-refractivity contribution is 0.267. The average Bonchev–Trinajstić information content (AvgIpc) is 2.97. The van der Waals surface area contributed by atoms with Crippen LogP contribution in [0.4, 0.5) is 0 Å². The quantitative estimate of drug-likeness (QED) is 0.940. The van der Waals surface area contributed by atoms with Crippen molar-refractivity contribution in [1.29, 1.82) is 0 Å². The van der Waals surface area contributed by atoms with Crippen LogP contribution in [0.25, 0.3) is 11.3 Å². The summed E-state index contributed by atoms with van der Waals surface area (Å²) in [5, 5.41) is 8.18. The molecule has 1 aliphatic rings. The zero-order chi connectivity index (χ0) is 15.7. The Morgan fingerprint density at radius 3 is 2.82 bits per heavy atom. The van der Waals surface area contributed by atoms with E-state index in [2.05, 4.69) is 22.0 Å². The zero-order valence-electron chi connectivity index (χ0n) is 13.1. The largest absolute Gasteiger partial charge is 0.493 e. The Morgan fingerprint density at radius 2 is 2.14 bits per heavy atom. The zero-order valence-corrected chi connectivity index (χ0v) is 13.8. The predicted octanol–water partition coefficient (Wildman–Crippen LogP) is 3.13. The van der Waals surface area contributed by atoms with Crippen molar-refractivity contribution < 1.29 is 9.47 Å². The van der Waals surface area contributed by atoms with E-state index in [9.17, 15) is 0 Å². The van der Waals surface area contributed by atoms with Crippen molar-refractivity contribution in [2.75, 3.05) is 27.3 Å². The summed E-state index contributed by atoms with van der Waals surface area (Å²) in [7, 11) is 3.19. The van der Waals surface area contributed by atoms with Crippen LogP contribution < -0.4 is 9.47 Å². The SMILES string of the molecule is CCN1CCc2[nH]nc(-c3ccc(OC)c(OC)c3Cl)c2C1. The van der Waals surface area contributed by atoms with E-state index in [-0.39, 0.29) is 0 Å². The van der Waals surface area contributed by atoms with Crippen LogP contribution >= 0.6 is 11.6 Å². The average molecular weight is 322 g/mol. The summed E-state index contributed by atoms with van der Waals surface area (Å²) in [5.41, 5.74) is 4.20. The normalized spacial score (nSPS) is 14.7. The highest BCUT2D eigenvalue weighted by atomic mass is 35.5. The third-order valence-corrected chi connectivity index (χ3v) is 4.58. The van der Waals surface area contributed by atoms with Gasteiger partial charge in [0.1, 0.15) is 0 Å². The van der Waals surface area contributed by atoms with Gasteiger partial charge >= 0.3 is 0 Å². The van der Waals surface area contributed by atoms with Gasteiger partial charge in [-0.25, -0.2) is 0 Å². The fourth-order valence-electron chi connectivity index (χ4n) is 2.92. The lowest BCUT2D eigenvalue weighted by Gasteiger charge is -2.25. The molecule has 6 heteroatoms. The van der Waals surface area contributed by atoms with Gasteiger partial charge in [-0.1, -0.05) is 18.5 Å². The number of nitrogens with one attached hydrogen (secondary N) is 1. The second-order valence-electron chi connectivity index (χ2n) is 5.31. The molecule has 0 bridgehead atoms. The second kappa shape index (κ2) is 6.18. The van der Waals surface area contributed by atoms with Gasteiger partial charge in [-0.3, -0.25) is 10.00 Å². The minimum atomic E-state index is 0.532. The number of aromatic nitrogens is 2. The van der Waals surface area contributed by atoms with Gasteiger partial charge in [-0.2, -0.15) is 5.10 Å². The summed E-state index contributed by atoms with van der Waals surface area (Å²) in [6.07, 6.45) is 0.987. The molecule has 22 heavy (non-hydrogen) atoms. The molecule has 2 aromatic rings. The highest BCUT2D eigenvalue weighted by Crippen LogP contribution is 2.42. The molecule has 0 saturated heterocycles. The van der Waals surface area contributed by atoms with Crippen LogP contribution in [-0.4, -0.2) is 42.4 Å². The molecule has 0 radical (unpaired) electrons. The van der Waals surface area contributed by atoms with E-state index in [1.807, 2.05) is 12.1 Å². The molecule has 0 atom stereocenters. The molecular weight excluding hydrogens is 302 g/mol. The second-order valence-corrected chi connectivity index (χ2v) is 5.69. The number of hydrogen-bond acceptors (Lipinski definition) is 4. The molecule has 0 amide bonds. The van der Waals surface area contributed by atoms with Gasteiger partial charge in [-0.05, 0) is 18.7 Å². The van der Waals surface area contributed by atoms with Crippen molar-refractivity contribution in [3.8, 4) is 22.8 Å². The van der Waals surface area contributed by atoms with Crippen LogP contribution in [0.3, 0.4) is 0 Å². The maximum Gasteiger partial charge on any atom is 0.180 e. The number of rotatable bonds is 4. The molecule has 0 aliphatic carbocycles. The van der Waals surface area contributed by atoms with E-state index in [4.69, 9.17) is 21.1 Å². The number of methoxy groups -OCH3 is 2. The fourth-order valence-corrected chi connectivity index (χ4v) is 3.24. The Kier molecular flexibility index (Phi) is 4.27. The lowest BCUT2D eigenvalue weighted by Crippen LogP contribution is -2.30. The number of H-pyrrole nitrogens is 1. The van der Waals surface area contributed by atoms with E-state index in [1.165, 1.54) is 11.3 Å². The predicted molar refractivity (Wildman–Crippen MR) is 86.8 cm³/mol. The first-order valence-corrected chi connectivity index (χ1v) is 7.76. The van der Waals surface area contributed by atoms with Crippen molar-refractivity contribution >= 4 is 11.6 Å². The summed E-state index contributed by atoms with van der Waals surface area (Å²) in [6, 6.07) is 3.80. The van der Waals surface area contributed by atoms with Crippen LogP contribution in [0.2, 0.25) is 5.02 Å². The van der Waals surface area contributed by atoms with Crippen molar-refractivity contribution in [2.45, 2.75) is 19.9 Å². The number of fused-ring (bicyclic) bond motifs is 1. The third kappa shape index (κ3) is 2.44. The van der Waals surface area contributed by atoms with Gasteiger partial charge < -0.3 is 9.47 Å². The summed E-state index contributed by atoms with van der Waals surface area (Å²) >= 11 is 6.52. The van der Waals surface area contributed by atoms with E-state index in [1.54, 1.807) is 14.2 Å². The molecule has 1 aromatic heterocycles. The van der Waals surface area contributed by atoms with E-state index >= 15 is 0 Å². The van der Waals surface area contributed by atoms with E-state index in [0.29, 0.717) is 16.5 Å². The first kappa shape index (κ1) is 15.2. The molecule has 1 aliphatic heterocycles. The molecular formula is C16H20ClN3O2. The van der Waals surface area contributed by atoms with Crippen molar-refractivity contribution in [3.63, 3.8) is 0 Å². The summed E-state index contributed by atoms with van der Waals surface area (Å²) in [6.45, 7) is 5.16. The standard InChI is InChI=1S/C16H20ClN3O2/c1-4-20-8-7-12-11(9-20)15(19-18-12)10-5-6-13(21-2)16(22-3)14(10)17/h5-6H,4,7-9H2,1-3H3,(H,18,19). The smallest absolute Gasteiger partial charge is 0.180 e. The molecule has 3 rings (SSSR count). The van der Waals surface area contributed by atoms with Gasteiger partial charge in [0.05, 0.1) is 24.9 Å². The van der Waals surface area contributed by atoms with Crippen molar-refractivity contribution in [3.05, 3.63) is 28.4 Å². The number of benzene rings is 1. The Morgan fingerprint density at radius 1 is 1.32 bits per heavy atom. The van der Waals surface area contributed by atoms with Crippen LogP contribution in [-0.2, 0) is 13.0 Å². The Labute approximate surface area is 135 Å². The number of likely N-dealkylation sites (N-methyl/N-ethyl adjacent to an activating group) is 1. The van der Waals surface area contributed by atoms with Crippen molar-refractivity contribution in [2.24, 2.45) is 0 Å². The molecule has 118 valence electrons. The number of aromatic amines is 1. The van der Waals surface area contributed by atoms with E-state index < -0.39 is 0 Å². The van der Waals surface area contributed by atoms with Gasteiger partial charge in [0.15, 0.2) is 11.5 Å². The molecule has 0 unspecified atom stereocenters. The van der Waals surface area contributed by atoms with Gasteiger partial charge in [-0.15, -0.1) is 0 Å². The molecule has 5 nitrogen and oxygen atoms in total. The number of halogens is 1. The molecule has 0 spiro atoms. The topological polar surface area (TPSA) is 50.4 Å². The Balaban J connectivity index is 2.08. The summed E-state index contributed by atoms with van der Waals surface area (Å²) < 4.78 is 10.7. The fraction of sp³-hybridized carbons (Fsp3) is 0.438. The van der Waals surface area contributed by atoms with Crippen molar-refractivity contribution in [1.82, 2.24) is 15.1 Å². The van der Waals surface area contributed by atoms with E-state index in [0.717, 1.165) is 37.3 Å². The van der Waals surface area contributed by atoms with Crippen LogP contribution in [0.5, 0.6) is 11.5 Å². The van der Waals surface area contributed by atoms with Crippen LogP contribution in [0, 0.1) is 0 Å². The first-order chi connectivity index (χ1) is 10.7. The van der Waals surface area contributed by atoms with Gasteiger partial charge in [0.2, 0.25) is 0 Å². The Bertz CT molecular complexity index is 684.